The van der Waals surface area contributed by atoms with Crippen molar-refractivity contribution < 1.29 is 23.8 Å². The van der Waals surface area contributed by atoms with Crippen molar-refractivity contribution >= 4 is 34.8 Å². The lowest BCUT2D eigenvalue weighted by atomic mass is 10.2. The summed E-state index contributed by atoms with van der Waals surface area (Å²) in [7, 11) is 0. The third kappa shape index (κ3) is 7.47. The molecule has 0 atom stereocenters. The molecule has 0 aliphatic carbocycles. The molecule has 0 bridgehead atoms. The Balaban J connectivity index is 1.54. The van der Waals surface area contributed by atoms with Gasteiger partial charge in [0.05, 0.1) is 32.0 Å². The number of hydrogen-bond acceptors (Lipinski definition) is 6. The number of hydrogen-bond donors (Lipinski definition) is 1. The fraction of sp³-hybridized carbons (Fsp3) is 0.310. The van der Waals surface area contributed by atoms with Gasteiger partial charge in [0.2, 0.25) is 11.8 Å². The lowest BCUT2D eigenvalue weighted by molar-refractivity contribution is -0.121. The number of carbonyl (C=O) groups excluding carboxylic acids is 2. The molecular formula is C29H32ClN3O5. The van der Waals surface area contributed by atoms with Gasteiger partial charge in [-0.25, -0.2) is 0 Å². The molecule has 0 saturated heterocycles. The second-order valence-electron chi connectivity index (χ2n) is 8.89. The fourth-order valence-electron chi connectivity index (χ4n) is 4.15. The van der Waals surface area contributed by atoms with Crippen molar-refractivity contribution in [3.05, 3.63) is 77.3 Å². The normalized spacial score (nSPS) is 15.0. The number of rotatable bonds is 4. The Bertz CT molecular complexity index is 1270. The van der Waals surface area contributed by atoms with Gasteiger partial charge in [-0.1, -0.05) is 35.9 Å². The number of fused-ring (bicyclic) bond motifs is 2. The number of benzene rings is 3. The Morgan fingerprint density at radius 3 is 2.61 bits per heavy atom. The highest BCUT2D eigenvalue weighted by Gasteiger charge is 2.21. The molecule has 1 aliphatic heterocycles. The summed E-state index contributed by atoms with van der Waals surface area (Å²) in [6.45, 7) is 5.86. The molecule has 8 nitrogen and oxygen atoms in total. The smallest absolute Gasteiger partial charge is 0.241 e. The Labute approximate surface area is 228 Å². The molecule has 0 aromatic heterocycles. The first-order valence-electron chi connectivity index (χ1n) is 12.6. The maximum atomic E-state index is 13.3. The number of aryl methyl sites for hydroxylation is 1. The van der Waals surface area contributed by atoms with Crippen molar-refractivity contribution in [3.63, 3.8) is 0 Å². The van der Waals surface area contributed by atoms with Crippen molar-refractivity contribution in [1.82, 2.24) is 4.90 Å². The number of anilines is 2. The number of amides is 2. The number of ether oxygens (including phenoxy) is 3. The number of nitrogens with zero attached hydrogens (tertiary/aromatic N) is 2. The molecule has 38 heavy (non-hydrogen) atoms. The molecule has 2 amide bonds. The Hall–Kier alpha value is -3.59. The molecule has 0 radical (unpaired) electrons. The average Bonchev–Trinajstić information content (AvgIpc) is 2.89. The lowest BCUT2D eigenvalue weighted by Crippen LogP contribution is -2.44. The van der Waals surface area contributed by atoms with Crippen molar-refractivity contribution in [3.8, 4) is 17.2 Å². The SMILES string of the molecule is CCN(C(=O)CN1CCOCCOc2ccccc2Oc2ccc(Cl)cc2NC(=O)C1)c1cccc(C)c1. The molecule has 3 aromatic rings. The van der Waals surface area contributed by atoms with Gasteiger partial charge in [-0.3, -0.25) is 14.5 Å². The average molecular weight is 538 g/mol. The van der Waals surface area contributed by atoms with Crippen LogP contribution in [0.25, 0.3) is 0 Å². The zero-order valence-electron chi connectivity index (χ0n) is 21.6. The van der Waals surface area contributed by atoms with Crippen LogP contribution < -0.4 is 19.7 Å². The lowest BCUT2D eigenvalue weighted by Gasteiger charge is -2.27. The summed E-state index contributed by atoms with van der Waals surface area (Å²) in [6, 6.07) is 20.1. The standard InChI is InChI=1S/C29H32ClN3O5/c1-3-33(23-8-6-7-21(2)17-23)29(35)20-32-13-14-36-15-16-37-26-9-4-5-10-27(26)38-25-12-11-22(30)18-24(25)31-28(34)19-32/h4-12,17-18H,3,13-16,19-20H2,1-2H3,(H,31,34). The van der Waals surface area contributed by atoms with Gasteiger partial charge in [0.1, 0.15) is 6.61 Å². The maximum absolute atomic E-state index is 13.3. The topological polar surface area (TPSA) is 80.3 Å². The summed E-state index contributed by atoms with van der Waals surface area (Å²) in [4.78, 5) is 29.9. The number of halogens is 1. The van der Waals surface area contributed by atoms with E-state index in [9.17, 15) is 9.59 Å². The van der Waals surface area contributed by atoms with Crippen molar-refractivity contribution in [1.29, 1.82) is 0 Å². The van der Waals surface area contributed by atoms with Crippen LogP contribution in [-0.4, -0.2) is 62.7 Å². The van der Waals surface area contributed by atoms with E-state index in [4.69, 9.17) is 25.8 Å². The maximum Gasteiger partial charge on any atom is 0.241 e. The predicted octanol–water partition coefficient (Wildman–Crippen LogP) is 5.14. The van der Waals surface area contributed by atoms with Gasteiger partial charge >= 0.3 is 0 Å². The van der Waals surface area contributed by atoms with Gasteiger partial charge in [-0.2, -0.15) is 0 Å². The van der Waals surface area contributed by atoms with E-state index < -0.39 is 0 Å². The van der Waals surface area contributed by atoms with E-state index in [0.717, 1.165) is 11.3 Å². The van der Waals surface area contributed by atoms with Gasteiger partial charge in [0, 0.05) is 23.8 Å². The van der Waals surface area contributed by atoms with Gasteiger partial charge in [-0.05, 0) is 61.9 Å². The summed E-state index contributed by atoms with van der Waals surface area (Å²) < 4.78 is 17.7. The quantitative estimate of drug-likeness (QED) is 0.496. The molecule has 1 heterocycles. The summed E-state index contributed by atoms with van der Waals surface area (Å²) >= 11 is 6.23. The minimum atomic E-state index is -0.303. The molecule has 0 saturated carbocycles. The zero-order chi connectivity index (χ0) is 26.9. The van der Waals surface area contributed by atoms with Crippen LogP contribution in [0.4, 0.5) is 11.4 Å². The van der Waals surface area contributed by atoms with E-state index in [1.807, 2.05) is 56.3 Å². The van der Waals surface area contributed by atoms with Crippen molar-refractivity contribution in [2.75, 3.05) is 56.2 Å². The third-order valence-electron chi connectivity index (χ3n) is 5.98. The van der Waals surface area contributed by atoms with E-state index in [0.29, 0.717) is 60.9 Å². The molecule has 200 valence electrons. The highest BCUT2D eigenvalue weighted by atomic mass is 35.5. The van der Waals surface area contributed by atoms with E-state index in [1.165, 1.54) is 0 Å². The summed E-state index contributed by atoms with van der Waals surface area (Å²) in [5, 5.41) is 3.34. The van der Waals surface area contributed by atoms with Crippen LogP contribution in [0.2, 0.25) is 5.02 Å². The van der Waals surface area contributed by atoms with Gasteiger partial charge in [-0.15, -0.1) is 0 Å². The first kappa shape index (κ1) is 27.4. The van der Waals surface area contributed by atoms with E-state index in [-0.39, 0.29) is 24.9 Å². The number of nitrogens with one attached hydrogen (secondary N) is 1. The second kappa shape index (κ2) is 13.3. The summed E-state index contributed by atoms with van der Waals surface area (Å²) in [5.41, 5.74) is 2.32. The van der Waals surface area contributed by atoms with Crippen LogP contribution in [0.15, 0.2) is 66.7 Å². The first-order chi connectivity index (χ1) is 18.4. The highest BCUT2D eigenvalue weighted by molar-refractivity contribution is 6.31. The van der Waals surface area contributed by atoms with E-state index in [1.54, 1.807) is 34.1 Å². The fourth-order valence-corrected chi connectivity index (χ4v) is 4.32. The first-order valence-corrected chi connectivity index (χ1v) is 13.0. The molecule has 0 fully saturated rings. The number of para-hydroxylation sites is 2. The largest absolute Gasteiger partial charge is 0.487 e. The van der Waals surface area contributed by atoms with Crippen LogP contribution in [0.1, 0.15) is 12.5 Å². The number of likely N-dealkylation sites (N-methyl/N-ethyl adjacent to an activating group) is 1. The number of carbonyl (C=O) groups is 2. The van der Waals surface area contributed by atoms with Crippen LogP contribution in [0.5, 0.6) is 17.2 Å². The van der Waals surface area contributed by atoms with Crippen molar-refractivity contribution in [2.45, 2.75) is 13.8 Å². The predicted molar refractivity (Wildman–Crippen MR) is 149 cm³/mol. The molecule has 4 rings (SSSR count). The molecule has 1 N–H and O–H groups in total. The Kier molecular flexibility index (Phi) is 9.59. The molecule has 0 spiro atoms. The van der Waals surface area contributed by atoms with Gasteiger partial charge in [0.15, 0.2) is 17.2 Å². The summed E-state index contributed by atoms with van der Waals surface area (Å²) in [5.74, 6) is 1.07. The Morgan fingerprint density at radius 2 is 1.82 bits per heavy atom. The Morgan fingerprint density at radius 1 is 1.00 bits per heavy atom. The van der Waals surface area contributed by atoms with Gasteiger partial charge in [0.25, 0.3) is 0 Å². The zero-order valence-corrected chi connectivity index (χ0v) is 22.4. The summed E-state index contributed by atoms with van der Waals surface area (Å²) in [6.07, 6.45) is 0. The third-order valence-corrected chi connectivity index (χ3v) is 6.21. The highest BCUT2D eigenvalue weighted by Crippen LogP contribution is 2.36. The minimum absolute atomic E-state index is 0.0144. The van der Waals surface area contributed by atoms with Crippen LogP contribution >= 0.6 is 11.6 Å². The molecular weight excluding hydrogens is 506 g/mol. The molecule has 3 aromatic carbocycles. The van der Waals surface area contributed by atoms with Crippen LogP contribution in [0, 0.1) is 6.92 Å². The molecule has 0 unspecified atom stereocenters. The van der Waals surface area contributed by atoms with Gasteiger partial charge < -0.3 is 24.4 Å². The molecule has 9 heteroatoms. The van der Waals surface area contributed by atoms with Crippen LogP contribution in [-0.2, 0) is 14.3 Å². The van der Waals surface area contributed by atoms with Crippen LogP contribution in [0.3, 0.4) is 0 Å². The molecule has 1 aliphatic rings. The minimum Gasteiger partial charge on any atom is -0.487 e. The van der Waals surface area contributed by atoms with E-state index >= 15 is 0 Å². The monoisotopic (exact) mass is 537 g/mol. The van der Waals surface area contributed by atoms with Crippen molar-refractivity contribution in [2.24, 2.45) is 0 Å². The van der Waals surface area contributed by atoms with E-state index in [2.05, 4.69) is 5.32 Å². The second-order valence-corrected chi connectivity index (χ2v) is 9.32.